The molecule has 2 nitrogen and oxygen atoms in total. The molecule has 0 unspecified atom stereocenters. The molecule has 32 heavy (non-hydrogen) atoms. The van der Waals surface area contributed by atoms with Crippen LogP contribution in [0.5, 0.6) is 5.75 Å². The first-order valence-electron chi connectivity index (χ1n) is 10.8. The Hall–Kier alpha value is -2.99. The van der Waals surface area contributed by atoms with E-state index in [2.05, 4.69) is 11.8 Å². The van der Waals surface area contributed by atoms with Crippen LogP contribution in [0.15, 0.2) is 78.9 Å². The number of nitrogens with zero attached hydrogens (tertiary/aromatic N) is 1. The van der Waals surface area contributed by atoms with Crippen molar-refractivity contribution in [2.75, 3.05) is 27.2 Å². The molecule has 0 aliphatic rings. The number of rotatable bonds is 9. The number of likely N-dealkylation sites (N-methyl/N-ethyl adjacent to an activating group) is 1. The van der Waals surface area contributed by atoms with Crippen LogP contribution < -0.4 is 10.2 Å². The summed E-state index contributed by atoms with van der Waals surface area (Å²) in [7, 11) is 3.98. The predicted molar refractivity (Wildman–Crippen MR) is 128 cm³/mol. The van der Waals surface area contributed by atoms with E-state index in [1.54, 1.807) is 12.1 Å². The van der Waals surface area contributed by atoms with Crippen molar-refractivity contribution in [1.82, 2.24) is 4.90 Å². The Balaban J connectivity index is 2.04. The number of hydrogen-bond donors (Lipinski definition) is 0. The van der Waals surface area contributed by atoms with E-state index in [9.17, 15) is 12.9 Å². The van der Waals surface area contributed by atoms with Crippen LogP contribution in [-0.4, -0.2) is 39.1 Å². The highest BCUT2D eigenvalue weighted by atomic mass is 19.4. The normalized spacial score (nSPS) is 12.6. The predicted octanol–water partition coefficient (Wildman–Crippen LogP) is 6.05. The molecule has 3 aromatic rings. The fourth-order valence-corrected chi connectivity index (χ4v) is 3.61. The first-order chi connectivity index (χ1) is 15.3. The van der Waals surface area contributed by atoms with Crippen molar-refractivity contribution in [3.05, 3.63) is 95.6 Å². The Labute approximate surface area is 188 Å². The van der Waals surface area contributed by atoms with Crippen molar-refractivity contribution in [2.45, 2.75) is 13.3 Å². The summed E-state index contributed by atoms with van der Waals surface area (Å²) in [4.78, 5) is 2.05. The average molecular weight is 438 g/mol. The number of ether oxygens (including phenoxy) is 1. The van der Waals surface area contributed by atoms with E-state index < -0.39 is 12.4 Å². The largest absolute Gasteiger partial charge is 0.509 e. The van der Waals surface area contributed by atoms with Gasteiger partial charge in [0.15, 0.2) is 0 Å². The van der Waals surface area contributed by atoms with E-state index in [4.69, 9.17) is 4.74 Å². The lowest BCUT2D eigenvalue weighted by Crippen LogP contribution is -2.33. The van der Waals surface area contributed by atoms with E-state index in [0.717, 1.165) is 46.6 Å². The molecule has 0 atom stereocenters. The third-order valence-corrected chi connectivity index (χ3v) is 5.31. The maximum atomic E-state index is 13.2. The number of hydrogen-bond acceptors (Lipinski definition) is 2. The van der Waals surface area contributed by atoms with Crippen LogP contribution in [0.1, 0.15) is 30.0 Å². The standard InChI is InChI=1S/C26H28BF3NO/c1-4-25(20-8-6-5-7-9-20)26(21-10-14-23(15-11-21)27(28,29)30)22-12-16-24(17-13-22)32-19-18-31(2)3/h5-17H,4,18-19H2,1-3H3/q-1/b26-25-. The SMILES string of the molecule is CC/C(=C(/c1ccc(OCCN(C)C)cc1)c1ccc([B-](F)(F)F)cc1)c1ccccc1. The number of halogens is 3. The van der Waals surface area contributed by atoms with Crippen LogP contribution in [0, 0.1) is 0 Å². The molecule has 0 N–H and O–H groups in total. The van der Waals surface area contributed by atoms with Crippen molar-refractivity contribution in [3.63, 3.8) is 0 Å². The van der Waals surface area contributed by atoms with E-state index in [1.165, 1.54) is 12.1 Å². The molecule has 6 heteroatoms. The third kappa shape index (κ3) is 6.04. The van der Waals surface area contributed by atoms with Gasteiger partial charge in [-0.15, -0.1) is 5.46 Å². The molecule has 0 saturated carbocycles. The summed E-state index contributed by atoms with van der Waals surface area (Å²) >= 11 is 0. The summed E-state index contributed by atoms with van der Waals surface area (Å²) in [5.41, 5.74) is 4.18. The molecule has 0 spiro atoms. The first-order valence-corrected chi connectivity index (χ1v) is 10.8. The second kappa shape index (κ2) is 10.6. The van der Waals surface area contributed by atoms with Gasteiger partial charge in [-0.25, -0.2) is 0 Å². The lowest BCUT2D eigenvalue weighted by Gasteiger charge is -2.19. The number of allylic oxidation sites excluding steroid dienone is 1. The highest BCUT2D eigenvalue weighted by Gasteiger charge is 2.25. The van der Waals surface area contributed by atoms with Gasteiger partial charge in [-0.1, -0.05) is 73.7 Å². The molecule has 3 aromatic carbocycles. The van der Waals surface area contributed by atoms with Crippen LogP contribution >= 0.6 is 0 Å². The zero-order valence-electron chi connectivity index (χ0n) is 18.7. The zero-order chi connectivity index (χ0) is 23.1. The summed E-state index contributed by atoms with van der Waals surface area (Å²) in [5.74, 6) is 0.767. The smallest absolute Gasteiger partial charge is 0.492 e. The fraction of sp³-hybridized carbons (Fsp3) is 0.231. The Morgan fingerprint density at radius 3 is 1.84 bits per heavy atom. The quantitative estimate of drug-likeness (QED) is 0.298. The van der Waals surface area contributed by atoms with Gasteiger partial charge in [0.05, 0.1) is 0 Å². The van der Waals surface area contributed by atoms with Crippen LogP contribution in [0.25, 0.3) is 11.1 Å². The van der Waals surface area contributed by atoms with Gasteiger partial charge in [0.1, 0.15) is 12.4 Å². The lowest BCUT2D eigenvalue weighted by molar-refractivity contribution is 0.261. The van der Waals surface area contributed by atoms with E-state index >= 15 is 0 Å². The Morgan fingerprint density at radius 1 is 0.781 bits per heavy atom. The third-order valence-electron chi connectivity index (χ3n) is 5.31. The molecule has 3 rings (SSSR count). The molecule has 0 bridgehead atoms. The molecule has 0 saturated heterocycles. The van der Waals surface area contributed by atoms with Crippen LogP contribution in [-0.2, 0) is 0 Å². The molecule has 0 aliphatic heterocycles. The zero-order valence-corrected chi connectivity index (χ0v) is 18.7. The minimum atomic E-state index is -5.02. The molecule has 0 fully saturated rings. The second-order valence-electron chi connectivity index (χ2n) is 7.95. The van der Waals surface area contributed by atoms with Crippen LogP contribution in [0.3, 0.4) is 0 Å². The summed E-state index contributed by atoms with van der Waals surface area (Å²) in [6, 6.07) is 23.2. The second-order valence-corrected chi connectivity index (χ2v) is 7.95. The summed E-state index contributed by atoms with van der Waals surface area (Å²) in [6.45, 7) is -1.56. The highest BCUT2D eigenvalue weighted by Crippen LogP contribution is 2.35. The van der Waals surface area contributed by atoms with Gasteiger partial charge in [0.2, 0.25) is 0 Å². The lowest BCUT2D eigenvalue weighted by atomic mass is 9.79. The van der Waals surface area contributed by atoms with E-state index in [0.29, 0.717) is 6.61 Å². The molecule has 0 heterocycles. The molecular weight excluding hydrogens is 410 g/mol. The van der Waals surface area contributed by atoms with Gasteiger partial charge >= 0.3 is 6.98 Å². The minimum Gasteiger partial charge on any atom is -0.492 e. The van der Waals surface area contributed by atoms with Crippen LogP contribution in [0.4, 0.5) is 12.9 Å². The van der Waals surface area contributed by atoms with Crippen molar-refractivity contribution < 1.29 is 17.7 Å². The van der Waals surface area contributed by atoms with Gasteiger partial charge in [-0.05, 0) is 60.5 Å². The van der Waals surface area contributed by atoms with Gasteiger partial charge in [-0.3, -0.25) is 0 Å². The summed E-state index contributed by atoms with van der Waals surface area (Å²) < 4.78 is 45.3. The molecule has 0 amide bonds. The average Bonchev–Trinajstić information content (AvgIpc) is 2.78. The molecule has 0 aliphatic carbocycles. The fourth-order valence-electron chi connectivity index (χ4n) is 3.61. The Morgan fingerprint density at radius 2 is 1.34 bits per heavy atom. The summed E-state index contributed by atoms with van der Waals surface area (Å²) in [5, 5.41) is 0. The Kier molecular flexibility index (Phi) is 7.81. The Bertz CT molecular complexity index is 1030. The van der Waals surface area contributed by atoms with Crippen molar-refractivity contribution in [2.24, 2.45) is 0 Å². The maximum absolute atomic E-state index is 13.2. The van der Waals surface area contributed by atoms with Crippen molar-refractivity contribution >= 4 is 23.6 Å². The first kappa shape index (κ1) is 23.7. The molecular formula is C26H28BF3NO-. The summed E-state index contributed by atoms with van der Waals surface area (Å²) in [6.07, 6.45) is 0.741. The topological polar surface area (TPSA) is 12.5 Å². The molecule has 168 valence electrons. The van der Waals surface area contributed by atoms with Gasteiger partial charge in [0, 0.05) is 6.54 Å². The van der Waals surface area contributed by atoms with Crippen LogP contribution in [0.2, 0.25) is 0 Å². The van der Waals surface area contributed by atoms with Gasteiger partial charge in [-0.2, -0.15) is 0 Å². The van der Waals surface area contributed by atoms with Crippen molar-refractivity contribution in [1.29, 1.82) is 0 Å². The van der Waals surface area contributed by atoms with Gasteiger partial charge in [0.25, 0.3) is 0 Å². The van der Waals surface area contributed by atoms with Gasteiger partial charge < -0.3 is 22.6 Å². The highest BCUT2D eigenvalue weighted by molar-refractivity contribution is 6.73. The minimum absolute atomic E-state index is 0.583. The molecule has 0 radical (unpaired) electrons. The van der Waals surface area contributed by atoms with E-state index in [1.807, 2.05) is 68.7 Å². The molecule has 0 aromatic heterocycles. The van der Waals surface area contributed by atoms with E-state index in [-0.39, 0.29) is 0 Å². The van der Waals surface area contributed by atoms with Crippen molar-refractivity contribution in [3.8, 4) is 5.75 Å². The number of benzene rings is 3. The maximum Gasteiger partial charge on any atom is 0.509 e. The monoisotopic (exact) mass is 438 g/mol.